The van der Waals surface area contributed by atoms with Gasteiger partial charge in [0.1, 0.15) is 0 Å². The molecule has 0 aliphatic heterocycles. The van der Waals surface area contributed by atoms with E-state index >= 15 is 0 Å². The van der Waals surface area contributed by atoms with Crippen molar-refractivity contribution in [3.05, 3.63) is 20.8 Å². The zero-order chi connectivity index (χ0) is 10.1. The quantitative estimate of drug-likeness (QED) is 0.635. The molecule has 1 rings (SSSR count). The zero-order valence-electron chi connectivity index (χ0n) is 8.10. The highest BCUT2D eigenvalue weighted by atomic mass is 79.9. The summed E-state index contributed by atoms with van der Waals surface area (Å²) in [7, 11) is 0. The van der Waals surface area contributed by atoms with E-state index in [-0.39, 0.29) is 11.5 Å². The lowest BCUT2D eigenvalue weighted by Crippen LogP contribution is -2.36. The average molecular weight is 263 g/mol. The summed E-state index contributed by atoms with van der Waals surface area (Å²) in [5, 5.41) is 2.12. The second kappa shape index (κ2) is 4.09. The van der Waals surface area contributed by atoms with Gasteiger partial charge in [0.05, 0.1) is 9.83 Å². The number of hydrogen-bond donors (Lipinski definition) is 2. The molecule has 13 heavy (non-hydrogen) atoms. The average Bonchev–Trinajstić information content (AvgIpc) is 2.34. The van der Waals surface area contributed by atoms with Gasteiger partial charge in [-0.25, -0.2) is 0 Å². The third kappa shape index (κ3) is 2.77. The Hall–Kier alpha value is 0.100. The maximum Gasteiger partial charge on any atom is 0.0701 e. The van der Waals surface area contributed by atoms with Crippen LogP contribution in [0, 0.1) is 5.41 Å². The number of nitrogens with two attached hydrogens (primary N) is 1. The van der Waals surface area contributed by atoms with E-state index < -0.39 is 0 Å². The van der Waals surface area contributed by atoms with E-state index in [1.165, 1.54) is 5.56 Å². The number of rotatable bonds is 2. The first-order chi connectivity index (χ1) is 5.95. The Morgan fingerprint density at radius 2 is 2.15 bits per heavy atom. The van der Waals surface area contributed by atoms with E-state index in [0.29, 0.717) is 0 Å². The molecular formula is C9H15BrN2S. The smallest absolute Gasteiger partial charge is 0.0701 e. The highest BCUT2D eigenvalue weighted by molar-refractivity contribution is 9.11. The van der Waals surface area contributed by atoms with E-state index in [0.717, 1.165) is 3.79 Å². The summed E-state index contributed by atoms with van der Waals surface area (Å²) < 4.78 is 1.15. The Morgan fingerprint density at radius 1 is 1.54 bits per heavy atom. The largest absolute Gasteiger partial charge is 0.271 e. The fraction of sp³-hybridized carbons (Fsp3) is 0.556. The van der Waals surface area contributed by atoms with Crippen LogP contribution in [-0.4, -0.2) is 0 Å². The predicted octanol–water partition coefficient (Wildman–Crippen LogP) is 3.06. The van der Waals surface area contributed by atoms with Gasteiger partial charge >= 0.3 is 0 Å². The number of thiophene rings is 1. The fourth-order valence-electron chi connectivity index (χ4n) is 1.32. The number of nitrogens with one attached hydrogen (secondary N) is 1. The molecule has 0 saturated heterocycles. The summed E-state index contributed by atoms with van der Waals surface area (Å²) in [6.45, 7) is 6.51. The van der Waals surface area contributed by atoms with Crippen LogP contribution in [0.5, 0.6) is 0 Å². The van der Waals surface area contributed by atoms with Crippen LogP contribution >= 0.6 is 27.3 Å². The number of hydrogen-bond acceptors (Lipinski definition) is 3. The molecule has 1 aromatic heterocycles. The molecule has 2 nitrogen and oxygen atoms in total. The lowest BCUT2D eigenvalue weighted by molar-refractivity contribution is 0.276. The van der Waals surface area contributed by atoms with Gasteiger partial charge in [-0.15, -0.1) is 11.3 Å². The van der Waals surface area contributed by atoms with Crippen molar-refractivity contribution >= 4 is 27.3 Å². The summed E-state index contributed by atoms with van der Waals surface area (Å²) >= 11 is 5.13. The highest BCUT2D eigenvalue weighted by Crippen LogP contribution is 2.35. The first kappa shape index (κ1) is 11.2. The Morgan fingerprint density at radius 3 is 2.46 bits per heavy atom. The van der Waals surface area contributed by atoms with Crippen molar-refractivity contribution in [2.75, 3.05) is 0 Å². The van der Waals surface area contributed by atoms with Gasteiger partial charge in [0.25, 0.3) is 0 Å². The van der Waals surface area contributed by atoms with E-state index in [4.69, 9.17) is 5.84 Å². The molecule has 74 valence electrons. The second-order valence-electron chi connectivity index (χ2n) is 4.15. The minimum atomic E-state index is 0.134. The van der Waals surface area contributed by atoms with Crippen molar-refractivity contribution in [2.45, 2.75) is 26.8 Å². The van der Waals surface area contributed by atoms with Gasteiger partial charge in [-0.05, 0) is 38.4 Å². The summed E-state index contributed by atoms with van der Waals surface area (Å²) in [5.41, 5.74) is 4.23. The van der Waals surface area contributed by atoms with Crippen LogP contribution in [0.4, 0.5) is 0 Å². The van der Waals surface area contributed by atoms with Crippen LogP contribution in [0.3, 0.4) is 0 Å². The van der Waals surface area contributed by atoms with Crippen molar-refractivity contribution in [1.29, 1.82) is 0 Å². The predicted molar refractivity (Wildman–Crippen MR) is 61.5 cm³/mol. The Labute approximate surface area is 91.6 Å². The first-order valence-corrected chi connectivity index (χ1v) is 5.82. The van der Waals surface area contributed by atoms with Crippen LogP contribution in [0.1, 0.15) is 32.4 Å². The van der Waals surface area contributed by atoms with Gasteiger partial charge in [-0.3, -0.25) is 11.3 Å². The molecule has 0 spiro atoms. The van der Waals surface area contributed by atoms with Crippen molar-refractivity contribution < 1.29 is 0 Å². The molecule has 1 atom stereocenters. The SMILES string of the molecule is CC(C)(C)C(NN)c1csc(Br)c1. The van der Waals surface area contributed by atoms with E-state index in [1.807, 2.05) is 0 Å². The lowest BCUT2D eigenvalue weighted by Gasteiger charge is -2.29. The monoisotopic (exact) mass is 262 g/mol. The summed E-state index contributed by atoms with van der Waals surface area (Å²) in [4.78, 5) is 0. The van der Waals surface area contributed by atoms with E-state index in [9.17, 15) is 0 Å². The summed E-state index contributed by atoms with van der Waals surface area (Å²) in [6.07, 6.45) is 0. The van der Waals surface area contributed by atoms with Gasteiger partial charge in [-0.2, -0.15) is 0 Å². The third-order valence-electron chi connectivity index (χ3n) is 1.95. The molecule has 0 aliphatic rings. The standard InChI is InChI=1S/C9H15BrN2S/c1-9(2,3)8(12-11)6-4-7(10)13-5-6/h4-5,8,12H,11H2,1-3H3. The van der Waals surface area contributed by atoms with Crippen LogP contribution < -0.4 is 11.3 Å². The molecule has 4 heteroatoms. The fourth-order valence-corrected chi connectivity index (χ4v) is 2.52. The summed E-state index contributed by atoms with van der Waals surface area (Å²) in [5.74, 6) is 5.54. The van der Waals surface area contributed by atoms with Gasteiger partial charge in [0.15, 0.2) is 0 Å². The maximum absolute atomic E-state index is 5.54. The molecule has 0 amide bonds. The van der Waals surface area contributed by atoms with Crippen LogP contribution in [0.15, 0.2) is 15.2 Å². The highest BCUT2D eigenvalue weighted by Gasteiger charge is 2.25. The molecule has 0 bridgehead atoms. The summed E-state index contributed by atoms with van der Waals surface area (Å²) in [6, 6.07) is 2.32. The topological polar surface area (TPSA) is 38.0 Å². The lowest BCUT2D eigenvalue weighted by atomic mass is 9.84. The molecule has 1 heterocycles. The molecule has 0 aliphatic carbocycles. The molecule has 0 aromatic carbocycles. The number of halogens is 1. The Kier molecular flexibility index (Phi) is 3.51. The van der Waals surface area contributed by atoms with E-state index in [1.54, 1.807) is 11.3 Å². The normalized spacial score (nSPS) is 14.5. The number of hydrazine groups is 1. The molecule has 0 saturated carbocycles. The van der Waals surface area contributed by atoms with Gasteiger partial charge in [-0.1, -0.05) is 20.8 Å². The molecule has 1 unspecified atom stereocenters. The Bertz CT molecular complexity index is 277. The van der Waals surface area contributed by atoms with Gasteiger partial charge < -0.3 is 0 Å². The molecule has 0 fully saturated rings. The first-order valence-electron chi connectivity index (χ1n) is 4.15. The van der Waals surface area contributed by atoms with E-state index in [2.05, 4.69) is 53.6 Å². The third-order valence-corrected chi connectivity index (χ3v) is 3.48. The van der Waals surface area contributed by atoms with Crippen LogP contribution in [0.2, 0.25) is 0 Å². The molecule has 1 aromatic rings. The van der Waals surface area contributed by atoms with Crippen LogP contribution in [0.25, 0.3) is 0 Å². The molecule has 0 radical (unpaired) electrons. The zero-order valence-corrected chi connectivity index (χ0v) is 10.5. The van der Waals surface area contributed by atoms with Gasteiger partial charge in [0.2, 0.25) is 0 Å². The second-order valence-corrected chi connectivity index (χ2v) is 6.44. The van der Waals surface area contributed by atoms with Crippen molar-refractivity contribution in [3.8, 4) is 0 Å². The molecule has 3 N–H and O–H groups in total. The Balaban J connectivity index is 2.91. The van der Waals surface area contributed by atoms with Crippen LogP contribution in [-0.2, 0) is 0 Å². The maximum atomic E-state index is 5.54. The minimum absolute atomic E-state index is 0.134. The minimum Gasteiger partial charge on any atom is -0.271 e. The van der Waals surface area contributed by atoms with Gasteiger partial charge in [0, 0.05) is 0 Å². The van der Waals surface area contributed by atoms with Crippen molar-refractivity contribution in [3.63, 3.8) is 0 Å². The van der Waals surface area contributed by atoms with Crippen molar-refractivity contribution in [1.82, 2.24) is 5.43 Å². The molecular weight excluding hydrogens is 248 g/mol. The van der Waals surface area contributed by atoms with Crippen molar-refractivity contribution in [2.24, 2.45) is 11.3 Å².